The zero-order chi connectivity index (χ0) is 15.8. The molecule has 2 aromatic rings. The molecule has 0 bridgehead atoms. The van der Waals surface area contributed by atoms with Crippen molar-refractivity contribution in [2.45, 2.75) is 13.3 Å². The molecule has 1 aromatic heterocycles. The van der Waals surface area contributed by atoms with Crippen molar-refractivity contribution in [1.82, 2.24) is 9.88 Å². The van der Waals surface area contributed by atoms with Crippen molar-refractivity contribution in [1.29, 1.82) is 5.26 Å². The van der Waals surface area contributed by atoms with Crippen molar-refractivity contribution in [3.05, 3.63) is 59.9 Å². The molecule has 0 atom stereocenters. The number of pyridine rings is 1. The van der Waals surface area contributed by atoms with Crippen LogP contribution in [0.1, 0.15) is 18.2 Å². The Morgan fingerprint density at radius 3 is 2.64 bits per heavy atom. The molecular weight excluding hydrogens is 276 g/mol. The Kier molecular flexibility index (Phi) is 5.50. The maximum Gasteiger partial charge on any atom is 0.321 e. The number of carbonyl (C=O) groups is 1. The van der Waals surface area contributed by atoms with Crippen LogP contribution in [0.3, 0.4) is 0 Å². The third kappa shape index (κ3) is 4.32. The van der Waals surface area contributed by atoms with E-state index in [4.69, 9.17) is 5.26 Å². The van der Waals surface area contributed by atoms with Crippen LogP contribution in [0.15, 0.2) is 48.7 Å². The minimum absolute atomic E-state index is 0.150. The van der Waals surface area contributed by atoms with Gasteiger partial charge in [0.05, 0.1) is 11.6 Å². The summed E-state index contributed by atoms with van der Waals surface area (Å²) < 4.78 is 0. The van der Waals surface area contributed by atoms with Crippen LogP contribution >= 0.6 is 0 Å². The maximum atomic E-state index is 12.2. The van der Waals surface area contributed by atoms with Gasteiger partial charge >= 0.3 is 6.03 Å². The van der Waals surface area contributed by atoms with E-state index in [1.165, 1.54) is 0 Å². The first-order chi connectivity index (χ1) is 10.7. The van der Waals surface area contributed by atoms with Crippen LogP contribution in [0, 0.1) is 11.3 Å². The first-order valence-corrected chi connectivity index (χ1v) is 7.19. The molecule has 2 rings (SSSR count). The summed E-state index contributed by atoms with van der Waals surface area (Å²) in [6.45, 7) is 3.17. The van der Waals surface area contributed by atoms with E-state index in [1.807, 2.05) is 31.2 Å². The molecule has 0 aliphatic rings. The fraction of sp³-hybridized carbons (Fsp3) is 0.235. The molecule has 0 unspecified atom stereocenters. The minimum Gasteiger partial charge on any atom is -0.324 e. The van der Waals surface area contributed by atoms with Crippen molar-refractivity contribution < 1.29 is 4.79 Å². The van der Waals surface area contributed by atoms with Crippen LogP contribution in [0.5, 0.6) is 0 Å². The first-order valence-electron chi connectivity index (χ1n) is 7.19. The standard InChI is InChI=1S/C17H18N4O/c1-2-21(12-10-15-5-3-4-11-19-15)17(22)20-16-8-6-14(13-18)7-9-16/h3-9,11H,2,10,12H2,1H3,(H,20,22). The second-order valence-electron chi connectivity index (χ2n) is 4.77. The molecule has 5 heteroatoms. The normalized spacial score (nSPS) is 9.82. The van der Waals surface area contributed by atoms with Crippen LogP contribution in [-0.2, 0) is 6.42 Å². The molecule has 1 heterocycles. The second-order valence-corrected chi connectivity index (χ2v) is 4.77. The summed E-state index contributed by atoms with van der Waals surface area (Å²) in [5.74, 6) is 0. The topological polar surface area (TPSA) is 69.0 Å². The Morgan fingerprint density at radius 2 is 2.05 bits per heavy atom. The summed E-state index contributed by atoms with van der Waals surface area (Å²) in [5.41, 5.74) is 2.22. The summed E-state index contributed by atoms with van der Waals surface area (Å²) in [5, 5.41) is 11.6. The smallest absolute Gasteiger partial charge is 0.321 e. The molecule has 112 valence electrons. The Hall–Kier alpha value is -2.87. The highest BCUT2D eigenvalue weighted by molar-refractivity contribution is 5.89. The monoisotopic (exact) mass is 294 g/mol. The van der Waals surface area contributed by atoms with Gasteiger partial charge in [-0.15, -0.1) is 0 Å². The van der Waals surface area contributed by atoms with E-state index in [2.05, 4.69) is 10.3 Å². The number of nitrogens with one attached hydrogen (secondary N) is 1. The number of nitrogens with zero attached hydrogens (tertiary/aromatic N) is 3. The average molecular weight is 294 g/mol. The van der Waals surface area contributed by atoms with Crippen LogP contribution < -0.4 is 5.32 Å². The van der Waals surface area contributed by atoms with Gasteiger partial charge in [0.1, 0.15) is 0 Å². The molecule has 0 fully saturated rings. The number of rotatable bonds is 5. The molecule has 0 saturated heterocycles. The quantitative estimate of drug-likeness (QED) is 0.921. The number of carbonyl (C=O) groups excluding carboxylic acids is 1. The highest BCUT2D eigenvalue weighted by atomic mass is 16.2. The van der Waals surface area contributed by atoms with Crippen molar-refractivity contribution in [2.75, 3.05) is 18.4 Å². The molecule has 2 amide bonds. The third-order valence-electron chi connectivity index (χ3n) is 3.30. The summed E-state index contributed by atoms with van der Waals surface area (Å²) in [6, 6.07) is 14.5. The molecular formula is C17H18N4O. The van der Waals surface area contributed by atoms with E-state index in [0.29, 0.717) is 24.3 Å². The lowest BCUT2D eigenvalue weighted by Gasteiger charge is -2.21. The van der Waals surface area contributed by atoms with Gasteiger partial charge in [-0.2, -0.15) is 5.26 Å². The van der Waals surface area contributed by atoms with Crippen molar-refractivity contribution >= 4 is 11.7 Å². The number of benzene rings is 1. The van der Waals surface area contributed by atoms with E-state index in [1.54, 1.807) is 35.4 Å². The Bertz CT molecular complexity index is 647. The number of hydrogen-bond acceptors (Lipinski definition) is 3. The van der Waals surface area contributed by atoms with Crippen molar-refractivity contribution in [3.63, 3.8) is 0 Å². The molecule has 0 spiro atoms. The van der Waals surface area contributed by atoms with Gasteiger partial charge in [-0.25, -0.2) is 4.79 Å². The van der Waals surface area contributed by atoms with Crippen LogP contribution in [-0.4, -0.2) is 29.0 Å². The van der Waals surface area contributed by atoms with Gasteiger partial charge in [-0.05, 0) is 43.3 Å². The molecule has 1 aromatic carbocycles. The van der Waals surface area contributed by atoms with E-state index in [0.717, 1.165) is 12.1 Å². The molecule has 0 saturated carbocycles. The van der Waals surface area contributed by atoms with Crippen molar-refractivity contribution in [2.24, 2.45) is 0 Å². The second kappa shape index (κ2) is 7.79. The third-order valence-corrected chi connectivity index (χ3v) is 3.30. The van der Waals surface area contributed by atoms with Crippen LogP contribution in [0.2, 0.25) is 0 Å². The highest BCUT2D eigenvalue weighted by Crippen LogP contribution is 2.10. The number of nitriles is 1. The largest absolute Gasteiger partial charge is 0.324 e. The number of anilines is 1. The Labute approximate surface area is 130 Å². The first kappa shape index (κ1) is 15.5. The lowest BCUT2D eigenvalue weighted by Crippen LogP contribution is -2.36. The number of urea groups is 1. The molecule has 0 aliphatic carbocycles. The Balaban J connectivity index is 1.92. The average Bonchev–Trinajstić information content (AvgIpc) is 2.57. The van der Waals surface area contributed by atoms with Gasteiger partial charge in [-0.3, -0.25) is 4.98 Å². The van der Waals surface area contributed by atoms with E-state index in [-0.39, 0.29) is 6.03 Å². The number of amides is 2. The molecule has 1 N–H and O–H groups in total. The zero-order valence-corrected chi connectivity index (χ0v) is 12.5. The van der Waals surface area contributed by atoms with E-state index >= 15 is 0 Å². The van der Waals surface area contributed by atoms with Gasteiger partial charge in [0.2, 0.25) is 0 Å². The summed E-state index contributed by atoms with van der Waals surface area (Å²) >= 11 is 0. The fourth-order valence-electron chi connectivity index (χ4n) is 2.03. The lowest BCUT2D eigenvalue weighted by molar-refractivity contribution is 0.215. The van der Waals surface area contributed by atoms with Crippen LogP contribution in [0.4, 0.5) is 10.5 Å². The SMILES string of the molecule is CCN(CCc1ccccn1)C(=O)Nc1ccc(C#N)cc1. The molecule has 0 aliphatic heterocycles. The summed E-state index contributed by atoms with van der Waals surface area (Å²) in [6.07, 6.45) is 2.47. The van der Waals surface area contributed by atoms with E-state index < -0.39 is 0 Å². The Morgan fingerprint density at radius 1 is 1.27 bits per heavy atom. The summed E-state index contributed by atoms with van der Waals surface area (Å²) in [4.78, 5) is 18.2. The predicted octanol–water partition coefficient (Wildman–Crippen LogP) is 3.05. The zero-order valence-electron chi connectivity index (χ0n) is 12.5. The lowest BCUT2D eigenvalue weighted by atomic mass is 10.2. The predicted molar refractivity (Wildman–Crippen MR) is 85.4 cm³/mol. The van der Waals surface area contributed by atoms with Gasteiger partial charge in [-0.1, -0.05) is 6.07 Å². The fourth-order valence-corrected chi connectivity index (χ4v) is 2.03. The number of likely N-dealkylation sites (N-methyl/N-ethyl adjacent to an activating group) is 1. The number of aromatic nitrogens is 1. The minimum atomic E-state index is -0.150. The van der Waals surface area contributed by atoms with Crippen LogP contribution in [0.25, 0.3) is 0 Å². The number of hydrogen-bond donors (Lipinski definition) is 1. The maximum absolute atomic E-state index is 12.2. The van der Waals surface area contributed by atoms with Gasteiger partial charge in [0.15, 0.2) is 0 Å². The van der Waals surface area contributed by atoms with Crippen molar-refractivity contribution in [3.8, 4) is 6.07 Å². The molecule has 0 radical (unpaired) electrons. The molecule has 22 heavy (non-hydrogen) atoms. The van der Waals surface area contributed by atoms with Gasteiger partial charge in [0, 0.05) is 37.1 Å². The highest BCUT2D eigenvalue weighted by Gasteiger charge is 2.11. The van der Waals surface area contributed by atoms with Gasteiger partial charge in [0.25, 0.3) is 0 Å². The molecule has 5 nitrogen and oxygen atoms in total. The summed E-state index contributed by atoms with van der Waals surface area (Å²) in [7, 11) is 0. The van der Waals surface area contributed by atoms with Gasteiger partial charge < -0.3 is 10.2 Å². The van der Waals surface area contributed by atoms with E-state index in [9.17, 15) is 4.79 Å².